The quantitative estimate of drug-likeness (QED) is 0.525. The van der Waals surface area contributed by atoms with Crippen molar-refractivity contribution in [3.05, 3.63) is 47.1 Å². The standard InChI is InChI=1S/C26H33N5OS/c1-2-21-16-22-24(28-18-29-26(22)33-21)31-14-6-10-20(17-31)25(32)27-12-7-15-30-13-5-9-19-8-3-4-11-23(19)30/h3-4,8,11,16,18,20H,2,5-7,9-10,12-15,17H2,1H3,(H,27,32)/t20-/m1/s1. The lowest BCUT2D eigenvalue weighted by atomic mass is 9.97. The lowest BCUT2D eigenvalue weighted by Crippen LogP contribution is -2.44. The van der Waals surface area contributed by atoms with Crippen LogP contribution < -0.4 is 15.1 Å². The number of rotatable bonds is 7. The number of hydrogen-bond acceptors (Lipinski definition) is 6. The van der Waals surface area contributed by atoms with E-state index in [-0.39, 0.29) is 11.8 Å². The minimum absolute atomic E-state index is 0.0174. The second kappa shape index (κ2) is 10.1. The highest BCUT2D eigenvalue weighted by Gasteiger charge is 2.27. The molecule has 0 unspecified atom stereocenters. The zero-order valence-corrected chi connectivity index (χ0v) is 20.2. The molecular weight excluding hydrogens is 430 g/mol. The SMILES string of the molecule is CCc1cc2c(N3CCC[C@@H](C(=O)NCCCN4CCCc5ccccc54)C3)ncnc2s1. The van der Waals surface area contributed by atoms with E-state index in [1.54, 1.807) is 17.7 Å². The van der Waals surface area contributed by atoms with Crippen LogP contribution in [0.2, 0.25) is 0 Å². The second-order valence-corrected chi connectivity index (χ2v) is 10.2. The molecule has 2 aliphatic rings. The first-order chi connectivity index (χ1) is 16.2. The molecule has 5 rings (SSSR count). The number of aromatic nitrogens is 2. The molecule has 1 N–H and O–H groups in total. The van der Waals surface area contributed by atoms with Gasteiger partial charge in [0.1, 0.15) is 17.0 Å². The number of anilines is 2. The predicted octanol–water partition coefficient (Wildman–Crippen LogP) is 4.43. The van der Waals surface area contributed by atoms with E-state index in [0.29, 0.717) is 0 Å². The summed E-state index contributed by atoms with van der Waals surface area (Å²) in [5.74, 6) is 1.18. The van der Waals surface area contributed by atoms with Crippen LogP contribution in [0.3, 0.4) is 0 Å². The van der Waals surface area contributed by atoms with Gasteiger partial charge in [-0.15, -0.1) is 11.3 Å². The molecule has 0 saturated carbocycles. The summed E-state index contributed by atoms with van der Waals surface area (Å²) in [6.45, 7) is 6.68. The molecule has 0 aliphatic carbocycles. The van der Waals surface area contributed by atoms with Crippen molar-refractivity contribution in [3.8, 4) is 0 Å². The summed E-state index contributed by atoms with van der Waals surface area (Å²) in [6.07, 6.45) is 7.98. The van der Waals surface area contributed by atoms with Gasteiger partial charge in [0, 0.05) is 43.3 Å². The predicted molar refractivity (Wildman–Crippen MR) is 136 cm³/mol. The Kier molecular flexibility index (Phi) is 6.76. The van der Waals surface area contributed by atoms with E-state index in [1.165, 1.54) is 29.0 Å². The molecule has 2 aliphatic heterocycles. The average molecular weight is 464 g/mol. The van der Waals surface area contributed by atoms with Gasteiger partial charge in [-0.1, -0.05) is 25.1 Å². The van der Waals surface area contributed by atoms with Gasteiger partial charge in [-0.25, -0.2) is 9.97 Å². The molecule has 33 heavy (non-hydrogen) atoms. The average Bonchev–Trinajstić information content (AvgIpc) is 3.30. The molecule has 7 heteroatoms. The van der Waals surface area contributed by atoms with Gasteiger partial charge in [-0.05, 0) is 56.2 Å². The summed E-state index contributed by atoms with van der Waals surface area (Å²) in [5.41, 5.74) is 2.82. The van der Waals surface area contributed by atoms with Crippen LogP contribution in [0.15, 0.2) is 36.7 Å². The van der Waals surface area contributed by atoms with E-state index in [4.69, 9.17) is 0 Å². The molecule has 1 atom stereocenters. The smallest absolute Gasteiger partial charge is 0.224 e. The summed E-state index contributed by atoms with van der Waals surface area (Å²) >= 11 is 1.74. The van der Waals surface area contributed by atoms with Crippen molar-refractivity contribution < 1.29 is 4.79 Å². The van der Waals surface area contributed by atoms with E-state index < -0.39 is 0 Å². The molecule has 0 spiro atoms. The van der Waals surface area contributed by atoms with Gasteiger partial charge in [0.2, 0.25) is 5.91 Å². The number of carbonyl (C=O) groups excluding carboxylic acids is 1. The van der Waals surface area contributed by atoms with E-state index in [0.717, 1.165) is 74.4 Å². The molecule has 0 radical (unpaired) electrons. The van der Waals surface area contributed by atoms with Crippen molar-refractivity contribution in [2.75, 3.05) is 42.5 Å². The Morgan fingerprint density at radius 1 is 1.21 bits per heavy atom. The van der Waals surface area contributed by atoms with Crippen molar-refractivity contribution in [3.63, 3.8) is 0 Å². The summed E-state index contributed by atoms with van der Waals surface area (Å²) in [7, 11) is 0. The highest BCUT2D eigenvalue weighted by Crippen LogP contribution is 2.32. The molecule has 3 aromatic rings. The maximum atomic E-state index is 13.0. The van der Waals surface area contributed by atoms with Crippen molar-refractivity contribution in [2.45, 2.75) is 45.4 Å². The third-order valence-electron chi connectivity index (χ3n) is 6.91. The number of para-hydroxylation sites is 1. The van der Waals surface area contributed by atoms with Crippen LogP contribution in [0, 0.1) is 5.92 Å². The van der Waals surface area contributed by atoms with Gasteiger partial charge in [0.15, 0.2) is 0 Å². The van der Waals surface area contributed by atoms with Gasteiger partial charge in [0.05, 0.1) is 11.3 Å². The first-order valence-corrected chi connectivity index (χ1v) is 13.1. The van der Waals surface area contributed by atoms with Crippen LogP contribution >= 0.6 is 11.3 Å². The topological polar surface area (TPSA) is 61.4 Å². The number of thiophene rings is 1. The van der Waals surface area contributed by atoms with Gasteiger partial charge in [0.25, 0.3) is 0 Å². The summed E-state index contributed by atoms with van der Waals surface area (Å²) in [4.78, 5) is 29.1. The Morgan fingerprint density at radius 2 is 2.12 bits per heavy atom. The molecule has 4 heterocycles. The van der Waals surface area contributed by atoms with E-state index in [1.807, 2.05) is 0 Å². The van der Waals surface area contributed by atoms with E-state index in [2.05, 4.69) is 62.3 Å². The Morgan fingerprint density at radius 3 is 3.03 bits per heavy atom. The van der Waals surface area contributed by atoms with E-state index in [9.17, 15) is 4.79 Å². The molecule has 6 nitrogen and oxygen atoms in total. The molecular formula is C26H33N5OS. The number of nitrogens with one attached hydrogen (secondary N) is 1. The van der Waals surface area contributed by atoms with Gasteiger partial charge in [-0.3, -0.25) is 4.79 Å². The van der Waals surface area contributed by atoms with Gasteiger partial charge in [-0.2, -0.15) is 0 Å². The molecule has 0 bridgehead atoms. The largest absolute Gasteiger partial charge is 0.371 e. The fourth-order valence-electron chi connectivity index (χ4n) is 5.17. The van der Waals surface area contributed by atoms with Crippen LogP contribution in [0.5, 0.6) is 0 Å². The first-order valence-electron chi connectivity index (χ1n) is 12.3. The number of aryl methyl sites for hydroxylation is 2. The number of nitrogens with zero attached hydrogens (tertiary/aromatic N) is 4. The van der Waals surface area contributed by atoms with Crippen molar-refractivity contribution >= 4 is 39.0 Å². The number of hydrogen-bond donors (Lipinski definition) is 1. The summed E-state index contributed by atoms with van der Waals surface area (Å²) in [6, 6.07) is 10.9. The van der Waals surface area contributed by atoms with Crippen LogP contribution in [0.4, 0.5) is 11.5 Å². The Labute approximate surface area is 200 Å². The normalized spacial score (nSPS) is 18.4. The zero-order chi connectivity index (χ0) is 22.6. The fourth-order valence-corrected chi connectivity index (χ4v) is 6.10. The van der Waals surface area contributed by atoms with E-state index >= 15 is 0 Å². The van der Waals surface area contributed by atoms with Gasteiger partial charge < -0.3 is 15.1 Å². The van der Waals surface area contributed by atoms with Crippen molar-refractivity contribution in [1.29, 1.82) is 0 Å². The third kappa shape index (κ3) is 4.83. The summed E-state index contributed by atoms with van der Waals surface area (Å²) in [5, 5.41) is 4.34. The molecule has 2 aromatic heterocycles. The maximum absolute atomic E-state index is 13.0. The number of benzene rings is 1. The second-order valence-electron chi connectivity index (χ2n) is 9.13. The van der Waals surface area contributed by atoms with Crippen LogP contribution in [-0.4, -0.2) is 48.6 Å². The highest BCUT2D eigenvalue weighted by molar-refractivity contribution is 7.18. The molecule has 1 amide bonds. The molecule has 1 fully saturated rings. The number of amides is 1. The zero-order valence-electron chi connectivity index (χ0n) is 19.4. The third-order valence-corrected chi connectivity index (χ3v) is 8.10. The first kappa shape index (κ1) is 22.1. The fraction of sp³-hybridized carbons (Fsp3) is 0.500. The van der Waals surface area contributed by atoms with Crippen molar-refractivity contribution in [1.82, 2.24) is 15.3 Å². The van der Waals surface area contributed by atoms with Crippen LogP contribution in [0.1, 0.15) is 43.0 Å². The van der Waals surface area contributed by atoms with Crippen LogP contribution in [0.25, 0.3) is 10.2 Å². The maximum Gasteiger partial charge on any atom is 0.224 e. The lowest BCUT2D eigenvalue weighted by molar-refractivity contribution is -0.125. The van der Waals surface area contributed by atoms with Gasteiger partial charge >= 0.3 is 0 Å². The lowest BCUT2D eigenvalue weighted by Gasteiger charge is -2.33. The Hall–Kier alpha value is -2.67. The highest BCUT2D eigenvalue weighted by atomic mass is 32.1. The number of fused-ring (bicyclic) bond motifs is 2. The Balaban J connectivity index is 1.15. The Bertz CT molecular complexity index is 1110. The van der Waals surface area contributed by atoms with Crippen LogP contribution in [-0.2, 0) is 17.6 Å². The molecule has 1 saturated heterocycles. The minimum atomic E-state index is 0.0174. The number of piperidine rings is 1. The molecule has 174 valence electrons. The monoisotopic (exact) mass is 463 g/mol. The summed E-state index contributed by atoms with van der Waals surface area (Å²) < 4.78 is 0. The number of carbonyl (C=O) groups is 1. The minimum Gasteiger partial charge on any atom is -0.371 e. The molecule has 1 aromatic carbocycles. The van der Waals surface area contributed by atoms with Crippen molar-refractivity contribution in [2.24, 2.45) is 5.92 Å².